The lowest BCUT2D eigenvalue weighted by Gasteiger charge is -2.09. The van der Waals surface area contributed by atoms with Gasteiger partial charge in [0, 0.05) is 11.3 Å². The van der Waals surface area contributed by atoms with E-state index in [2.05, 4.69) is 11.4 Å². The van der Waals surface area contributed by atoms with Crippen molar-refractivity contribution in [3.63, 3.8) is 0 Å². The number of nitrogens with two attached hydrogens (primary N) is 1. The monoisotopic (exact) mass is 281 g/mol. The molecular weight excluding hydrogens is 266 g/mol. The maximum Gasteiger partial charge on any atom is 0.255 e. The minimum Gasteiger partial charge on any atom is -0.495 e. The highest BCUT2D eigenvalue weighted by Crippen LogP contribution is 2.22. The second-order valence-electron chi connectivity index (χ2n) is 4.44. The van der Waals surface area contributed by atoms with Gasteiger partial charge in [-0.15, -0.1) is 0 Å². The van der Waals surface area contributed by atoms with E-state index < -0.39 is 0 Å². The number of nitrogens with one attached hydrogen (secondary N) is 1. The van der Waals surface area contributed by atoms with E-state index in [1.165, 1.54) is 7.11 Å². The number of hydrogen-bond donors (Lipinski definition) is 2. The van der Waals surface area contributed by atoms with Gasteiger partial charge in [0.2, 0.25) is 0 Å². The third-order valence-electron chi connectivity index (χ3n) is 2.99. The summed E-state index contributed by atoms with van der Waals surface area (Å²) < 4.78 is 5.09. The van der Waals surface area contributed by atoms with Gasteiger partial charge in [0.05, 0.1) is 25.3 Å². The fraction of sp³-hybridized carbons (Fsp3) is 0.125. The number of hydrogen-bond acceptors (Lipinski definition) is 4. The molecule has 21 heavy (non-hydrogen) atoms. The molecule has 0 aromatic heterocycles. The van der Waals surface area contributed by atoms with Crippen LogP contribution >= 0.6 is 0 Å². The van der Waals surface area contributed by atoms with Gasteiger partial charge in [-0.25, -0.2) is 0 Å². The summed E-state index contributed by atoms with van der Waals surface area (Å²) in [6.45, 7) is 0. The molecule has 0 bridgehead atoms. The lowest BCUT2D eigenvalue weighted by molar-refractivity contribution is 0.102. The maximum absolute atomic E-state index is 12.1. The Morgan fingerprint density at radius 2 is 2.00 bits per heavy atom. The van der Waals surface area contributed by atoms with Gasteiger partial charge in [-0.3, -0.25) is 4.79 Å². The van der Waals surface area contributed by atoms with Crippen LogP contribution in [-0.4, -0.2) is 13.0 Å². The first-order valence-corrected chi connectivity index (χ1v) is 6.35. The van der Waals surface area contributed by atoms with E-state index in [1.807, 2.05) is 12.1 Å². The van der Waals surface area contributed by atoms with Crippen LogP contribution < -0.4 is 15.8 Å². The zero-order valence-corrected chi connectivity index (χ0v) is 11.6. The van der Waals surface area contributed by atoms with E-state index in [0.29, 0.717) is 29.1 Å². The highest BCUT2D eigenvalue weighted by atomic mass is 16.5. The molecule has 5 nitrogen and oxygen atoms in total. The predicted molar refractivity (Wildman–Crippen MR) is 81.1 cm³/mol. The van der Waals surface area contributed by atoms with Crippen molar-refractivity contribution >= 4 is 17.3 Å². The van der Waals surface area contributed by atoms with Crippen LogP contribution in [0.2, 0.25) is 0 Å². The molecule has 0 aliphatic heterocycles. The Bertz CT molecular complexity index is 688. The number of ether oxygens (including phenoxy) is 1. The second kappa shape index (κ2) is 6.44. The van der Waals surface area contributed by atoms with E-state index in [1.54, 1.807) is 30.3 Å². The molecule has 2 aromatic rings. The maximum atomic E-state index is 12.1. The Morgan fingerprint density at radius 3 is 2.62 bits per heavy atom. The quantitative estimate of drug-likeness (QED) is 0.843. The van der Waals surface area contributed by atoms with Gasteiger partial charge in [-0.1, -0.05) is 12.1 Å². The Balaban J connectivity index is 2.12. The van der Waals surface area contributed by atoms with Gasteiger partial charge < -0.3 is 15.8 Å². The predicted octanol–water partition coefficient (Wildman–Crippen LogP) is 2.60. The fourth-order valence-electron chi connectivity index (χ4n) is 1.85. The number of nitrogen functional groups attached to an aromatic ring is 1. The summed E-state index contributed by atoms with van der Waals surface area (Å²) in [6, 6.07) is 14.1. The van der Waals surface area contributed by atoms with Crippen molar-refractivity contribution < 1.29 is 9.53 Å². The summed E-state index contributed by atoms with van der Waals surface area (Å²) in [5.41, 5.74) is 8.23. The first-order valence-electron chi connectivity index (χ1n) is 6.35. The summed E-state index contributed by atoms with van der Waals surface area (Å²) in [5.74, 6) is 0.216. The van der Waals surface area contributed by atoms with E-state index in [4.69, 9.17) is 15.7 Å². The molecule has 0 spiro atoms. The molecule has 0 heterocycles. The van der Waals surface area contributed by atoms with Crippen LogP contribution in [0.25, 0.3) is 0 Å². The number of benzene rings is 2. The molecule has 0 fully saturated rings. The molecule has 2 rings (SSSR count). The largest absolute Gasteiger partial charge is 0.495 e. The zero-order valence-electron chi connectivity index (χ0n) is 11.6. The molecule has 0 aliphatic carbocycles. The average molecular weight is 281 g/mol. The van der Waals surface area contributed by atoms with Crippen molar-refractivity contribution in [2.75, 3.05) is 18.2 Å². The van der Waals surface area contributed by atoms with E-state index in [-0.39, 0.29) is 5.91 Å². The van der Waals surface area contributed by atoms with E-state index >= 15 is 0 Å². The van der Waals surface area contributed by atoms with Crippen LogP contribution in [0, 0.1) is 11.3 Å². The van der Waals surface area contributed by atoms with Gasteiger partial charge in [0.15, 0.2) is 0 Å². The number of rotatable bonds is 4. The molecule has 0 saturated carbocycles. The van der Waals surface area contributed by atoms with E-state index in [9.17, 15) is 4.79 Å². The van der Waals surface area contributed by atoms with Crippen LogP contribution in [0.4, 0.5) is 11.4 Å². The molecule has 3 N–H and O–H groups in total. The van der Waals surface area contributed by atoms with Crippen molar-refractivity contribution in [2.45, 2.75) is 6.42 Å². The number of anilines is 2. The second-order valence-corrected chi connectivity index (χ2v) is 4.44. The van der Waals surface area contributed by atoms with Gasteiger partial charge in [-0.2, -0.15) is 5.26 Å². The fourth-order valence-corrected chi connectivity index (χ4v) is 1.85. The molecule has 0 aliphatic rings. The normalized spacial score (nSPS) is 9.71. The van der Waals surface area contributed by atoms with Crippen LogP contribution in [0.5, 0.6) is 5.75 Å². The van der Waals surface area contributed by atoms with Crippen molar-refractivity contribution in [1.82, 2.24) is 0 Å². The van der Waals surface area contributed by atoms with Gasteiger partial charge >= 0.3 is 0 Å². The summed E-state index contributed by atoms with van der Waals surface area (Å²) >= 11 is 0. The van der Waals surface area contributed by atoms with Gasteiger partial charge in [0.1, 0.15) is 5.75 Å². The summed E-state index contributed by atoms with van der Waals surface area (Å²) in [6.07, 6.45) is 0.351. The smallest absolute Gasteiger partial charge is 0.255 e. The number of carbonyl (C=O) groups excluding carboxylic acids is 1. The number of nitriles is 1. The minimum absolute atomic E-state index is 0.249. The highest BCUT2D eigenvalue weighted by molar-refractivity contribution is 6.04. The van der Waals surface area contributed by atoms with Crippen LogP contribution in [0.3, 0.4) is 0 Å². The summed E-state index contributed by atoms with van der Waals surface area (Å²) in [7, 11) is 1.50. The molecular formula is C16H15N3O2. The van der Waals surface area contributed by atoms with E-state index in [0.717, 1.165) is 5.56 Å². The van der Waals surface area contributed by atoms with Crippen molar-refractivity contribution in [3.8, 4) is 11.8 Å². The Kier molecular flexibility index (Phi) is 4.42. The lowest BCUT2D eigenvalue weighted by atomic mass is 10.1. The highest BCUT2D eigenvalue weighted by Gasteiger charge is 2.09. The first kappa shape index (κ1) is 14.4. The van der Waals surface area contributed by atoms with Crippen molar-refractivity contribution in [3.05, 3.63) is 53.6 Å². The van der Waals surface area contributed by atoms with Crippen LogP contribution in [0.1, 0.15) is 15.9 Å². The summed E-state index contributed by atoms with van der Waals surface area (Å²) in [5, 5.41) is 11.4. The number of nitrogens with zero attached hydrogens (tertiary/aromatic N) is 1. The molecule has 106 valence electrons. The molecule has 0 unspecified atom stereocenters. The van der Waals surface area contributed by atoms with Crippen molar-refractivity contribution in [1.29, 1.82) is 5.26 Å². The third-order valence-corrected chi connectivity index (χ3v) is 2.99. The molecule has 5 heteroatoms. The number of methoxy groups -OCH3 is 1. The Morgan fingerprint density at radius 1 is 1.29 bits per heavy atom. The third kappa shape index (κ3) is 3.51. The standard InChI is InChI=1S/C16H15N3O2/c1-21-15-10-12(4-7-14(15)18)16(20)19-13-5-2-11(3-6-13)8-9-17/h2-7,10H,8,18H2,1H3,(H,19,20). The molecule has 0 saturated heterocycles. The summed E-state index contributed by atoms with van der Waals surface area (Å²) in [4.78, 5) is 12.1. The topological polar surface area (TPSA) is 88.1 Å². The lowest BCUT2D eigenvalue weighted by Crippen LogP contribution is -2.12. The van der Waals surface area contributed by atoms with Crippen LogP contribution in [-0.2, 0) is 6.42 Å². The molecule has 1 amide bonds. The average Bonchev–Trinajstić information content (AvgIpc) is 2.50. The zero-order chi connectivity index (χ0) is 15.2. The first-order chi connectivity index (χ1) is 10.1. The SMILES string of the molecule is COc1cc(C(=O)Nc2ccc(CC#N)cc2)ccc1N. The molecule has 0 atom stereocenters. The molecule has 2 aromatic carbocycles. The van der Waals surface area contributed by atoms with Gasteiger partial charge in [-0.05, 0) is 35.9 Å². The van der Waals surface area contributed by atoms with Gasteiger partial charge in [0.25, 0.3) is 5.91 Å². The van der Waals surface area contributed by atoms with Crippen molar-refractivity contribution in [2.24, 2.45) is 0 Å². The Labute approximate surface area is 123 Å². The van der Waals surface area contributed by atoms with Crippen LogP contribution in [0.15, 0.2) is 42.5 Å². The molecule has 0 radical (unpaired) electrons. The Hall–Kier alpha value is -3.00. The number of amides is 1. The minimum atomic E-state index is -0.249. The number of carbonyl (C=O) groups is 1.